The minimum absolute atomic E-state index is 0.00218. The Morgan fingerprint density at radius 2 is 2.17 bits per heavy atom. The number of para-hydroxylation sites is 2. The fourth-order valence-corrected chi connectivity index (χ4v) is 2.73. The predicted molar refractivity (Wildman–Crippen MR) is 93.4 cm³/mol. The van der Waals surface area contributed by atoms with E-state index in [9.17, 15) is 9.59 Å². The molecule has 0 saturated carbocycles. The average Bonchev–Trinajstić information content (AvgIpc) is 2.90. The number of hydrogen-bond donors (Lipinski definition) is 2. The molecule has 0 saturated heterocycles. The molecule has 3 rings (SSSR count). The molecule has 3 aromatic rings. The summed E-state index contributed by atoms with van der Waals surface area (Å²) in [6.07, 6.45) is 2.88. The number of nitrogens with zero attached hydrogens (tertiary/aromatic N) is 2. The molecular formula is C17H17ClN4O2. The number of carbonyl (C=O) groups excluding carboxylic acids is 1. The molecule has 0 fully saturated rings. The first-order valence-corrected chi connectivity index (χ1v) is 8.01. The number of imidazole rings is 1. The first-order valence-electron chi connectivity index (χ1n) is 7.63. The lowest BCUT2D eigenvalue weighted by atomic mass is 10.2. The van der Waals surface area contributed by atoms with Gasteiger partial charge < -0.3 is 14.9 Å². The van der Waals surface area contributed by atoms with Crippen LogP contribution >= 0.6 is 11.6 Å². The third-order valence-electron chi connectivity index (χ3n) is 3.86. The molecule has 2 heterocycles. The van der Waals surface area contributed by atoms with Gasteiger partial charge in [-0.3, -0.25) is 9.59 Å². The lowest BCUT2D eigenvalue weighted by Crippen LogP contribution is -2.26. The number of aromatic amines is 1. The van der Waals surface area contributed by atoms with Crippen molar-refractivity contribution in [3.05, 3.63) is 63.3 Å². The van der Waals surface area contributed by atoms with Crippen LogP contribution in [0.4, 0.5) is 0 Å². The van der Waals surface area contributed by atoms with Crippen molar-refractivity contribution >= 4 is 28.5 Å². The van der Waals surface area contributed by atoms with Gasteiger partial charge in [0.25, 0.3) is 11.5 Å². The molecular weight excluding hydrogens is 328 g/mol. The number of aromatic nitrogens is 3. The van der Waals surface area contributed by atoms with Crippen LogP contribution in [0, 0.1) is 0 Å². The van der Waals surface area contributed by atoms with Gasteiger partial charge in [-0.25, -0.2) is 4.98 Å². The molecule has 1 amide bonds. The lowest BCUT2D eigenvalue weighted by molar-refractivity contribution is 0.0952. The number of nitrogens with one attached hydrogen (secondary N) is 2. The monoisotopic (exact) mass is 344 g/mol. The molecule has 6 nitrogen and oxygen atoms in total. The summed E-state index contributed by atoms with van der Waals surface area (Å²) in [5.74, 6) is 0.718. The highest BCUT2D eigenvalue weighted by Gasteiger charge is 2.09. The molecule has 7 heteroatoms. The number of amides is 1. The maximum absolute atomic E-state index is 12.0. The van der Waals surface area contributed by atoms with Crippen LogP contribution < -0.4 is 10.9 Å². The SMILES string of the molecule is Cn1c(CCCNC(=O)c2c[nH]c(=O)c(Cl)c2)nc2ccccc21. The zero-order valence-corrected chi connectivity index (χ0v) is 13.9. The van der Waals surface area contributed by atoms with Crippen LogP contribution in [0.3, 0.4) is 0 Å². The molecule has 0 aliphatic rings. The topological polar surface area (TPSA) is 79.8 Å². The van der Waals surface area contributed by atoms with Crippen LogP contribution in [0.5, 0.6) is 0 Å². The summed E-state index contributed by atoms with van der Waals surface area (Å²) in [5.41, 5.74) is 2.00. The Morgan fingerprint density at radius 3 is 2.92 bits per heavy atom. The van der Waals surface area contributed by atoms with Crippen molar-refractivity contribution in [2.24, 2.45) is 7.05 Å². The number of aryl methyl sites for hydroxylation is 2. The van der Waals surface area contributed by atoms with Crippen LogP contribution in [0.25, 0.3) is 11.0 Å². The normalized spacial score (nSPS) is 10.9. The zero-order valence-electron chi connectivity index (χ0n) is 13.2. The molecule has 2 N–H and O–H groups in total. The number of pyridine rings is 1. The van der Waals surface area contributed by atoms with E-state index in [4.69, 9.17) is 11.6 Å². The van der Waals surface area contributed by atoms with Gasteiger partial charge in [-0.2, -0.15) is 0 Å². The van der Waals surface area contributed by atoms with Crippen LogP contribution in [-0.2, 0) is 13.5 Å². The van der Waals surface area contributed by atoms with Crippen molar-refractivity contribution in [3.8, 4) is 0 Å². The third-order valence-corrected chi connectivity index (χ3v) is 4.14. The lowest BCUT2D eigenvalue weighted by Gasteiger charge is -2.06. The zero-order chi connectivity index (χ0) is 17.1. The summed E-state index contributed by atoms with van der Waals surface area (Å²) in [7, 11) is 1.99. The van der Waals surface area contributed by atoms with Crippen molar-refractivity contribution in [2.45, 2.75) is 12.8 Å². The van der Waals surface area contributed by atoms with Gasteiger partial charge in [-0.1, -0.05) is 23.7 Å². The third kappa shape index (κ3) is 3.33. The van der Waals surface area contributed by atoms with Gasteiger partial charge in [-0.05, 0) is 24.6 Å². The van der Waals surface area contributed by atoms with E-state index in [1.807, 2.05) is 31.3 Å². The average molecular weight is 345 g/mol. The summed E-state index contributed by atoms with van der Waals surface area (Å²) < 4.78 is 2.07. The maximum atomic E-state index is 12.0. The predicted octanol–water partition coefficient (Wildman–Crippen LogP) is 2.28. The fourth-order valence-electron chi connectivity index (χ4n) is 2.56. The number of halogens is 1. The fraction of sp³-hybridized carbons (Fsp3) is 0.235. The Balaban J connectivity index is 1.56. The number of carbonyl (C=O) groups is 1. The number of rotatable bonds is 5. The van der Waals surface area contributed by atoms with E-state index in [0.717, 1.165) is 29.7 Å². The standard InChI is InChI=1S/C17H17ClN4O2/c1-22-14-6-3-2-5-13(14)21-15(22)7-4-8-19-16(23)11-9-12(18)17(24)20-10-11/h2-3,5-6,9-10H,4,7-8H2,1H3,(H,19,23)(H,20,24). The van der Waals surface area contributed by atoms with E-state index in [1.165, 1.54) is 12.3 Å². The molecule has 0 atom stereocenters. The Bertz CT molecular complexity index is 945. The summed E-state index contributed by atoms with van der Waals surface area (Å²) in [6, 6.07) is 9.34. The summed E-state index contributed by atoms with van der Waals surface area (Å²) in [4.78, 5) is 30.2. The van der Waals surface area contributed by atoms with Crippen LogP contribution in [0.2, 0.25) is 5.02 Å². The summed E-state index contributed by atoms with van der Waals surface area (Å²) in [5, 5.41) is 2.81. The van der Waals surface area contributed by atoms with Crippen molar-refractivity contribution in [1.82, 2.24) is 19.9 Å². The second kappa shape index (κ2) is 6.88. The number of fused-ring (bicyclic) bond motifs is 1. The Morgan fingerprint density at radius 1 is 1.38 bits per heavy atom. The van der Waals surface area contributed by atoms with Gasteiger partial charge in [0, 0.05) is 26.2 Å². The van der Waals surface area contributed by atoms with Gasteiger partial charge in [0.15, 0.2) is 0 Å². The van der Waals surface area contributed by atoms with Crippen molar-refractivity contribution < 1.29 is 4.79 Å². The van der Waals surface area contributed by atoms with E-state index in [-0.39, 0.29) is 10.9 Å². The minimum Gasteiger partial charge on any atom is -0.352 e. The van der Waals surface area contributed by atoms with Crippen LogP contribution in [0.15, 0.2) is 41.3 Å². The highest BCUT2D eigenvalue weighted by molar-refractivity contribution is 6.30. The molecule has 124 valence electrons. The molecule has 0 spiro atoms. The van der Waals surface area contributed by atoms with Gasteiger partial charge >= 0.3 is 0 Å². The molecule has 0 aliphatic heterocycles. The first-order chi connectivity index (χ1) is 11.6. The molecule has 2 aromatic heterocycles. The van der Waals surface area contributed by atoms with E-state index in [0.29, 0.717) is 12.1 Å². The van der Waals surface area contributed by atoms with Crippen molar-refractivity contribution in [1.29, 1.82) is 0 Å². The second-order valence-corrected chi connectivity index (χ2v) is 5.91. The Labute approximate surface area is 143 Å². The van der Waals surface area contributed by atoms with Crippen LogP contribution in [-0.4, -0.2) is 27.0 Å². The van der Waals surface area contributed by atoms with E-state index < -0.39 is 5.56 Å². The quantitative estimate of drug-likeness (QED) is 0.697. The van der Waals surface area contributed by atoms with E-state index in [2.05, 4.69) is 19.9 Å². The van der Waals surface area contributed by atoms with Gasteiger partial charge in [0.05, 0.1) is 16.6 Å². The molecule has 1 aromatic carbocycles. The Hall–Kier alpha value is -2.60. The number of benzene rings is 1. The summed E-state index contributed by atoms with van der Waals surface area (Å²) >= 11 is 5.72. The Kier molecular flexibility index (Phi) is 4.66. The van der Waals surface area contributed by atoms with E-state index in [1.54, 1.807) is 0 Å². The molecule has 0 aliphatic carbocycles. The summed E-state index contributed by atoms with van der Waals surface area (Å²) in [6.45, 7) is 0.513. The highest BCUT2D eigenvalue weighted by atomic mass is 35.5. The highest BCUT2D eigenvalue weighted by Crippen LogP contribution is 2.15. The molecule has 0 bridgehead atoms. The van der Waals surface area contributed by atoms with Crippen molar-refractivity contribution in [3.63, 3.8) is 0 Å². The van der Waals surface area contributed by atoms with Crippen molar-refractivity contribution in [2.75, 3.05) is 6.54 Å². The largest absolute Gasteiger partial charge is 0.352 e. The maximum Gasteiger partial charge on any atom is 0.266 e. The van der Waals surface area contributed by atoms with Crippen LogP contribution in [0.1, 0.15) is 22.6 Å². The number of H-pyrrole nitrogens is 1. The minimum atomic E-state index is -0.407. The molecule has 0 unspecified atom stereocenters. The smallest absolute Gasteiger partial charge is 0.266 e. The first kappa shape index (κ1) is 16.3. The number of hydrogen-bond acceptors (Lipinski definition) is 3. The molecule has 24 heavy (non-hydrogen) atoms. The van der Waals surface area contributed by atoms with Gasteiger partial charge in [0.1, 0.15) is 10.8 Å². The van der Waals surface area contributed by atoms with E-state index >= 15 is 0 Å². The molecule has 0 radical (unpaired) electrons. The second-order valence-electron chi connectivity index (χ2n) is 5.50. The van der Waals surface area contributed by atoms with Gasteiger partial charge in [0.2, 0.25) is 0 Å². The van der Waals surface area contributed by atoms with Gasteiger partial charge in [-0.15, -0.1) is 0 Å².